The van der Waals surface area contributed by atoms with E-state index < -0.39 is 0 Å². The maximum Gasteiger partial charge on any atom is 0.142 e. The molecule has 0 bridgehead atoms. The Morgan fingerprint density at radius 2 is 2.13 bits per heavy atom. The van der Waals surface area contributed by atoms with Gasteiger partial charge in [0.2, 0.25) is 0 Å². The lowest BCUT2D eigenvalue weighted by Crippen LogP contribution is -2.32. The van der Waals surface area contributed by atoms with Gasteiger partial charge in [0.1, 0.15) is 17.1 Å². The van der Waals surface area contributed by atoms with Crippen molar-refractivity contribution < 1.29 is 0 Å². The first-order chi connectivity index (χ1) is 7.06. The second-order valence-electron chi connectivity index (χ2n) is 3.97. The van der Waals surface area contributed by atoms with Crippen molar-refractivity contribution in [1.29, 1.82) is 0 Å². The lowest BCUT2D eigenvalue weighted by molar-refractivity contribution is 0.448. The first-order valence-electron chi connectivity index (χ1n) is 4.73. The number of nitrogens with zero attached hydrogens (tertiary/aromatic N) is 2. The third kappa shape index (κ3) is 1.60. The Balaban J connectivity index is 2.73. The summed E-state index contributed by atoms with van der Waals surface area (Å²) < 4.78 is 0. The minimum atomic E-state index is -0.160. The van der Waals surface area contributed by atoms with Crippen molar-refractivity contribution in [2.24, 2.45) is 0 Å². The third-order valence-electron chi connectivity index (χ3n) is 2.72. The largest absolute Gasteiger partial charge is 0.346 e. The van der Waals surface area contributed by atoms with Gasteiger partial charge in [-0.15, -0.1) is 0 Å². The first kappa shape index (κ1) is 10.4. The Bertz CT molecular complexity index is 489. The van der Waals surface area contributed by atoms with E-state index in [0.29, 0.717) is 5.15 Å². The number of halogens is 1. The van der Waals surface area contributed by atoms with Crippen LogP contribution in [0.1, 0.15) is 19.4 Å². The fourth-order valence-electron chi connectivity index (χ4n) is 1.55. The van der Waals surface area contributed by atoms with Crippen molar-refractivity contribution in [1.82, 2.24) is 20.3 Å². The molecule has 0 saturated carbocycles. The molecule has 2 aromatic rings. The molecule has 2 aromatic heterocycles. The molecule has 0 spiro atoms. The summed E-state index contributed by atoms with van der Waals surface area (Å²) in [6, 6.07) is 0. The highest BCUT2D eigenvalue weighted by atomic mass is 35.5. The molecule has 2 heterocycles. The predicted molar refractivity (Wildman–Crippen MR) is 61.0 cm³/mol. The van der Waals surface area contributed by atoms with E-state index >= 15 is 0 Å². The summed E-state index contributed by atoms with van der Waals surface area (Å²) in [4.78, 5) is 11.2. The second-order valence-corrected chi connectivity index (χ2v) is 4.32. The first-order valence-corrected chi connectivity index (χ1v) is 5.11. The van der Waals surface area contributed by atoms with Crippen molar-refractivity contribution >= 4 is 22.6 Å². The third-order valence-corrected chi connectivity index (χ3v) is 3.01. The van der Waals surface area contributed by atoms with Crippen molar-refractivity contribution in [3.05, 3.63) is 23.2 Å². The van der Waals surface area contributed by atoms with E-state index in [4.69, 9.17) is 11.6 Å². The molecule has 0 aliphatic rings. The van der Waals surface area contributed by atoms with E-state index in [1.54, 1.807) is 0 Å². The molecular formula is C10H13ClN4. The topological polar surface area (TPSA) is 53.6 Å². The highest BCUT2D eigenvalue weighted by Gasteiger charge is 2.23. The second kappa shape index (κ2) is 3.47. The lowest BCUT2D eigenvalue weighted by atomic mass is 9.95. The average molecular weight is 225 g/mol. The van der Waals surface area contributed by atoms with Gasteiger partial charge in [0.05, 0.1) is 5.39 Å². The molecule has 80 valence electrons. The zero-order chi connectivity index (χ0) is 11.1. The summed E-state index contributed by atoms with van der Waals surface area (Å²) in [5.74, 6) is 0. The molecule has 2 rings (SSSR count). The summed E-state index contributed by atoms with van der Waals surface area (Å²) >= 11 is 6.07. The fourth-order valence-corrected chi connectivity index (χ4v) is 1.79. The fraction of sp³-hybridized carbons (Fsp3) is 0.400. The van der Waals surface area contributed by atoms with Gasteiger partial charge in [-0.05, 0) is 20.9 Å². The maximum absolute atomic E-state index is 6.07. The Labute approximate surface area is 93.1 Å². The smallest absolute Gasteiger partial charge is 0.142 e. The zero-order valence-corrected chi connectivity index (χ0v) is 9.68. The maximum atomic E-state index is 6.07. The molecule has 0 radical (unpaired) electrons. The van der Waals surface area contributed by atoms with E-state index in [-0.39, 0.29) is 5.54 Å². The van der Waals surface area contributed by atoms with Crippen LogP contribution in [0.2, 0.25) is 5.15 Å². The van der Waals surface area contributed by atoms with Crippen molar-refractivity contribution in [3.8, 4) is 0 Å². The minimum Gasteiger partial charge on any atom is -0.346 e. The standard InChI is InChI=1S/C10H13ClN4/c1-10(2,12-3)6-4-13-9-7(6)8(11)14-5-15-9/h4-5,12H,1-3H3,(H,13,14,15). The molecule has 0 saturated heterocycles. The Morgan fingerprint density at radius 3 is 2.80 bits per heavy atom. The summed E-state index contributed by atoms with van der Waals surface area (Å²) in [6.45, 7) is 4.16. The normalized spacial score (nSPS) is 12.3. The van der Waals surface area contributed by atoms with E-state index in [1.165, 1.54) is 6.33 Å². The summed E-state index contributed by atoms with van der Waals surface area (Å²) in [5, 5.41) is 4.60. The molecule has 0 fully saturated rings. The Kier molecular flexibility index (Phi) is 2.40. The van der Waals surface area contributed by atoms with Crippen LogP contribution >= 0.6 is 11.6 Å². The van der Waals surface area contributed by atoms with Gasteiger partial charge >= 0.3 is 0 Å². The molecular weight excluding hydrogens is 212 g/mol. The number of rotatable bonds is 2. The van der Waals surface area contributed by atoms with Crippen LogP contribution in [0.15, 0.2) is 12.5 Å². The van der Waals surface area contributed by atoms with E-state index in [9.17, 15) is 0 Å². The Morgan fingerprint density at radius 1 is 1.40 bits per heavy atom. The number of H-pyrrole nitrogens is 1. The highest BCUT2D eigenvalue weighted by molar-refractivity contribution is 6.34. The molecule has 15 heavy (non-hydrogen) atoms. The molecule has 5 heteroatoms. The van der Waals surface area contributed by atoms with Crippen LogP contribution in [0.5, 0.6) is 0 Å². The monoisotopic (exact) mass is 224 g/mol. The molecule has 0 aliphatic carbocycles. The van der Waals surface area contributed by atoms with Crippen molar-refractivity contribution in [2.75, 3.05) is 7.05 Å². The van der Waals surface area contributed by atoms with Crippen molar-refractivity contribution in [2.45, 2.75) is 19.4 Å². The number of aromatic nitrogens is 3. The number of nitrogens with one attached hydrogen (secondary N) is 2. The number of hydrogen-bond acceptors (Lipinski definition) is 3. The molecule has 0 unspecified atom stereocenters. The summed E-state index contributed by atoms with van der Waals surface area (Å²) in [7, 11) is 1.91. The van der Waals surface area contributed by atoms with Gasteiger partial charge in [0, 0.05) is 17.3 Å². The highest BCUT2D eigenvalue weighted by Crippen LogP contribution is 2.30. The molecule has 2 N–H and O–H groups in total. The van der Waals surface area contributed by atoms with E-state index in [1.807, 2.05) is 13.2 Å². The molecule has 0 aliphatic heterocycles. The van der Waals surface area contributed by atoms with E-state index in [0.717, 1.165) is 16.6 Å². The van der Waals surface area contributed by atoms with Gasteiger partial charge in [0.25, 0.3) is 0 Å². The van der Waals surface area contributed by atoms with Gasteiger partial charge in [-0.25, -0.2) is 9.97 Å². The molecule has 0 amide bonds. The summed E-state index contributed by atoms with van der Waals surface area (Å²) in [6.07, 6.45) is 3.37. The predicted octanol–water partition coefficient (Wildman–Crippen LogP) is 2.07. The van der Waals surface area contributed by atoms with Crippen LogP contribution in [-0.2, 0) is 5.54 Å². The summed E-state index contributed by atoms with van der Waals surface area (Å²) in [5.41, 5.74) is 1.69. The number of aromatic amines is 1. The van der Waals surface area contributed by atoms with Crippen LogP contribution < -0.4 is 5.32 Å². The van der Waals surface area contributed by atoms with Gasteiger partial charge in [-0.1, -0.05) is 11.6 Å². The average Bonchev–Trinajstić information content (AvgIpc) is 2.63. The van der Waals surface area contributed by atoms with Gasteiger partial charge < -0.3 is 10.3 Å². The van der Waals surface area contributed by atoms with Gasteiger partial charge in [0.15, 0.2) is 0 Å². The Hall–Kier alpha value is -1.13. The molecule has 0 aromatic carbocycles. The number of hydrogen-bond donors (Lipinski definition) is 2. The lowest BCUT2D eigenvalue weighted by Gasteiger charge is -2.23. The van der Waals surface area contributed by atoms with Crippen LogP contribution in [-0.4, -0.2) is 22.0 Å². The minimum absolute atomic E-state index is 0.160. The number of fused-ring (bicyclic) bond motifs is 1. The zero-order valence-electron chi connectivity index (χ0n) is 8.93. The van der Waals surface area contributed by atoms with Crippen molar-refractivity contribution in [3.63, 3.8) is 0 Å². The quantitative estimate of drug-likeness (QED) is 0.768. The van der Waals surface area contributed by atoms with Crippen LogP contribution in [0, 0.1) is 0 Å². The SMILES string of the molecule is CNC(C)(C)c1c[nH]c2ncnc(Cl)c12. The van der Waals surface area contributed by atoms with Crippen LogP contribution in [0.25, 0.3) is 11.0 Å². The van der Waals surface area contributed by atoms with Gasteiger partial charge in [-0.3, -0.25) is 0 Å². The molecule has 0 atom stereocenters. The van der Waals surface area contributed by atoms with E-state index in [2.05, 4.69) is 34.1 Å². The van der Waals surface area contributed by atoms with Crippen LogP contribution in [0.4, 0.5) is 0 Å². The van der Waals surface area contributed by atoms with Crippen LogP contribution in [0.3, 0.4) is 0 Å². The molecule has 4 nitrogen and oxygen atoms in total. The van der Waals surface area contributed by atoms with Gasteiger partial charge in [-0.2, -0.15) is 0 Å².